The lowest BCUT2D eigenvalue weighted by atomic mass is 10.1. The molecule has 0 atom stereocenters. The van der Waals surface area contributed by atoms with Crippen molar-refractivity contribution in [2.24, 2.45) is 0 Å². The highest BCUT2D eigenvalue weighted by molar-refractivity contribution is 6.02. The predicted octanol–water partition coefficient (Wildman–Crippen LogP) is 4.94. The van der Waals surface area contributed by atoms with E-state index in [-0.39, 0.29) is 11.5 Å². The van der Waals surface area contributed by atoms with E-state index in [0.29, 0.717) is 27.9 Å². The van der Waals surface area contributed by atoms with Crippen molar-refractivity contribution >= 4 is 17.4 Å². The minimum absolute atomic E-state index is 0.0454. The molecule has 2 aromatic carbocycles. The molecule has 1 amide bonds. The highest BCUT2D eigenvalue weighted by Crippen LogP contribution is 2.32. The van der Waals surface area contributed by atoms with Gasteiger partial charge in [-0.2, -0.15) is 22.7 Å². The van der Waals surface area contributed by atoms with E-state index >= 15 is 0 Å². The molecule has 0 aliphatic heterocycles. The van der Waals surface area contributed by atoms with Gasteiger partial charge >= 0.3 is 6.18 Å². The molecule has 2 heterocycles. The molecule has 7 nitrogen and oxygen atoms in total. The van der Waals surface area contributed by atoms with Crippen LogP contribution >= 0.6 is 0 Å². The fraction of sp³-hybridized carbons (Fsp3) is 0.217. The highest BCUT2D eigenvalue weighted by Gasteiger charge is 2.36. The molecule has 0 aliphatic rings. The SMILES string of the molecule is CCc1cccc(C)c1NC(=O)c1nc2nc(-c3ccc(OC)cc3)cc(C(F)(F)F)n2n1. The van der Waals surface area contributed by atoms with Gasteiger partial charge in [-0.3, -0.25) is 4.79 Å². The van der Waals surface area contributed by atoms with E-state index < -0.39 is 23.6 Å². The standard InChI is InChI=1S/C23H20F3N5O2/c1-4-14-7-5-6-13(2)19(14)28-21(32)20-29-22-27-17(15-8-10-16(33-3)11-9-15)12-18(23(24,25)26)31(22)30-20/h5-12H,4H2,1-3H3,(H,28,32). The molecule has 2 aromatic heterocycles. The first-order valence-corrected chi connectivity index (χ1v) is 10.1. The molecule has 33 heavy (non-hydrogen) atoms. The number of hydrogen-bond acceptors (Lipinski definition) is 5. The maximum absolute atomic E-state index is 13.8. The molecule has 0 bridgehead atoms. The monoisotopic (exact) mass is 455 g/mol. The number of hydrogen-bond donors (Lipinski definition) is 1. The maximum atomic E-state index is 13.8. The zero-order valence-electron chi connectivity index (χ0n) is 18.1. The van der Waals surface area contributed by atoms with Crippen molar-refractivity contribution in [3.05, 3.63) is 71.2 Å². The van der Waals surface area contributed by atoms with Gasteiger partial charge in [-0.25, -0.2) is 4.98 Å². The first-order valence-electron chi connectivity index (χ1n) is 10.1. The first kappa shape index (κ1) is 22.3. The third-order valence-electron chi connectivity index (χ3n) is 5.17. The summed E-state index contributed by atoms with van der Waals surface area (Å²) in [5.74, 6) is -0.907. The second-order valence-electron chi connectivity index (χ2n) is 7.32. The Morgan fingerprint density at radius 3 is 2.48 bits per heavy atom. The fourth-order valence-electron chi connectivity index (χ4n) is 3.45. The molecule has 1 N–H and O–H groups in total. The molecule has 0 aliphatic carbocycles. The van der Waals surface area contributed by atoms with Gasteiger partial charge in [0.2, 0.25) is 5.82 Å². The van der Waals surface area contributed by atoms with Crippen molar-refractivity contribution in [2.45, 2.75) is 26.4 Å². The molecule has 0 unspecified atom stereocenters. The van der Waals surface area contributed by atoms with Crippen molar-refractivity contribution in [2.75, 3.05) is 12.4 Å². The lowest BCUT2D eigenvalue weighted by molar-refractivity contribution is -0.142. The van der Waals surface area contributed by atoms with Crippen LogP contribution in [0.25, 0.3) is 17.0 Å². The third-order valence-corrected chi connectivity index (χ3v) is 5.17. The molecule has 4 aromatic rings. The van der Waals surface area contributed by atoms with Crippen LogP contribution in [0.5, 0.6) is 5.75 Å². The average molecular weight is 455 g/mol. The second-order valence-corrected chi connectivity index (χ2v) is 7.32. The van der Waals surface area contributed by atoms with Crippen LogP contribution in [0.4, 0.5) is 18.9 Å². The van der Waals surface area contributed by atoms with Crippen LogP contribution in [-0.2, 0) is 12.6 Å². The summed E-state index contributed by atoms with van der Waals surface area (Å²) in [6, 6.07) is 12.9. The van der Waals surface area contributed by atoms with Crippen molar-refractivity contribution in [3.63, 3.8) is 0 Å². The van der Waals surface area contributed by atoms with Crippen molar-refractivity contribution in [1.29, 1.82) is 0 Å². The summed E-state index contributed by atoms with van der Waals surface area (Å²) in [5, 5.41) is 6.54. The van der Waals surface area contributed by atoms with E-state index in [0.717, 1.165) is 17.2 Å². The zero-order chi connectivity index (χ0) is 23.8. The van der Waals surface area contributed by atoms with Gasteiger partial charge in [0.25, 0.3) is 11.7 Å². The summed E-state index contributed by atoms with van der Waals surface area (Å²) in [6.45, 7) is 3.77. The van der Waals surface area contributed by atoms with Crippen LogP contribution < -0.4 is 10.1 Å². The van der Waals surface area contributed by atoms with E-state index in [4.69, 9.17) is 4.74 Å². The Labute approximate surface area is 187 Å². The molecule has 0 fully saturated rings. The minimum Gasteiger partial charge on any atom is -0.497 e. The number of fused-ring (bicyclic) bond motifs is 1. The second kappa shape index (κ2) is 8.53. The van der Waals surface area contributed by atoms with Crippen molar-refractivity contribution < 1.29 is 22.7 Å². The summed E-state index contributed by atoms with van der Waals surface area (Å²) >= 11 is 0. The quantitative estimate of drug-likeness (QED) is 0.461. The number of carbonyl (C=O) groups excluding carboxylic acids is 1. The van der Waals surface area contributed by atoms with Gasteiger partial charge in [-0.15, -0.1) is 5.10 Å². The summed E-state index contributed by atoms with van der Waals surface area (Å²) in [5.41, 5.74) is 1.70. The van der Waals surface area contributed by atoms with E-state index in [9.17, 15) is 18.0 Å². The number of benzene rings is 2. The predicted molar refractivity (Wildman–Crippen MR) is 116 cm³/mol. The Morgan fingerprint density at radius 1 is 1.12 bits per heavy atom. The fourth-order valence-corrected chi connectivity index (χ4v) is 3.45. The van der Waals surface area contributed by atoms with Gasteiger partial charge in [0.15, 0.2) is 5.69 Å². The number of anilines is 1. The smallest absolute Gasteiger partial charge is 0.433 e. The Morgan fingerprint density at radius 2 is 1.85 bits per heavy atom. The number of ether oxygens (including phenoxy) is 1. The van der Waals surface area contributed by atoms with E-state index in [1.54, 1.807) is 24.3 Å². The Kier molecular flexibility index (Phi) is 5.75. The molecule has 170 valence electrons. The number of carbonyl (C=O) groups is 1. The number of rotatable bonds is 5. The summed E-state index contributed by atoms with van der Waals surface area (Å²) in [7, 11) is 1.49. The topological polar surface area (TPSA) is 81.4 Å². The molecular formula is C23H20F3N5O2. The van der Waals surface area contributed by atoms with Crippen LogP contribution in [0.15, 0.2) is 48.5 Å². The van der Waals surface area contributed by atoms with E-state index in [1.807, 2.05) is 32.0 Å². The lowest BCUT2D eigenvalue weighted by Gasteiger charge is -2.11. The number of halogens is 3. The molecule has 0 saturated heterocycles. The van der Waals surface area contributed by atoms with Gasteiger partial charge in [-0.05, 0) is 54.8 Å². The van der Waals surface area contributed by atoms with E-state index in [2.05, 4.69) is 20.4 Å². The van der Waals surface area contributed by atoms with Crippen LogP contribution in [0, 0.1) is 6.92 Å². The molecular weight excluding hydrogens is 435 g/mol. The van der Waals surface area contributed by atoms with Gasteiger partial charge in [-0.1, -0.05) is 25.1 Å². The summed E-state index contributed by atoms with van der Waals surface area (Å²) < 4.78 is 47.0. The lowest BCUT2D eigenvalue weighted by Crippen LogP contribution is -2.17. The largest absolute Gasteiger partial charge is 0.497 e. The number of alkyl halides is 3. The number of methoxy groups -OCH3 is 1. The molecule has 0 radical (unpaired) electrons. The number of nitrogens with zero attached hydrogens (tertiary/aromatic N) is 4. The molecule has 4 rings (SSSR count). The zero-order valence-corrected chi connectivity index (χ0v) is 18.1. The van der Waals surface area contributed by atoms with Gasteiger partial charge in [0.05, 0.1) is 12.8 Å². The maximum Gasteiger partial charge on any atom is 0.433 e. The average Bonchev–Trinajstić information content (AvgIpc) is 3.23. The minimum atomic E-state index is -4.74. The Bertz CT molecular complexity index is 1330. The third kappa shape index (κ3) is 4.36. The Hall–Kier alpha value is -3.95. The number of para-hydroxylation sites is 1. The summed E-state index contributed by atoms with van der Waals surface area (Å²) in [6.07, 6.45) is -4.07. The summed E-state index contributed by atoms with van der Waals surface area (Å²) in [4.78, 5) is 21.0. The van der Waals surface area contributed by atoms with E-state index in [1.165, 1.54) is 7.11 Å². The van der Waals surface area contributed by atoms with Crippen LogP contribution in [0.1, 0.15) is 34.4 Å². The van der Waals surface area contributed by atoms with Crippen LogP contribution in [-0.4, -0.2) is 32.6 Å². The number of amides is 1. The number of aromatic nitrogens is 4. The Balaban J connectivity index is 1.78. The molecule has 0 saturated carbocycles. The van der Waals surface area contributed by atoms with Crippen LogP contribution in [0.2, 0.25) is 0 Å². The molecule has 0 spiro atoms. The highest BCUT2D eigenvalue weighted by atomic mass is 19.4. The number of aryl methyl sites for hydroxylation is 2. The molecule has 10 heteroatoms. The van der Waals surface area contributed by atoms with Crippen molar-refractivity contribution in [3.8, 4) is 17.0 Å². The van der Waals surface area contributed by atoms with Crippen molar-refractivity contribution in [1.82, 2.24) is 19.6 Å². The van der Waals surface area contributed by atoms with Gasteiger partial charge < -0.3 is 10.1 Å². The number of nitrogens with one attached hydrogen (secondary N) is 1. The first-order chi connectivity index (χ1) is 15.7. The normalized spacial score (nSPS) is 11.6. The van der Waals surface area contributed by atoms with Crippen LogP contribution in [0.3, 0.4) is 0 Å². The van der Waals surface area contributed by atoms with Gasteiger partial charge in [0, 0.05) is 11.3 Å². The van der Waals surface area contributed by atoms with Gasteiger partial charge in [0.1, 0.15) is 5.75 Å².